The van der Waals surface area contributed by atoms with Gasteiger partial charge in [-0.2, -0.15) is 0 Å². The third-order valence-corrected chi connectivity index (χ3v) is 8.66. The summed E-state index contributed by atoms with van der Waals surface area (Å²) in [5.74, 6) is 1.70. The number of rotatable bonds is 18. The van der Waals surface area contributed by atoms with E-state index in [4.69, 9.17) is 0 Å². The molecular formula is C33H63NO. The Morgan fingerprint density at radius 2 is 1.31 bits per heavy atom. The van der Waals surface area contributed by atoms with Crippen molar-refractivity contribution in [3.63, 3.8) is 0 Å². The van der Waals surface area contributed by atoms with E-state index in [1.165, 1.54) is 128 Å². The van der Waals surface area contributed by atoms with E-state index in [0.29, 0.717) is 12.3 Å². The Morgan fingerprint density at radius 3 is 1.94 bits per heavy atom. The fraction of sp³-hybridized carbons (Fsp3) is 0.909. The SMILES string of the molecule is CCCCCCCC/C=C/CCCCCCCC(=O)NC(C)(CC)C1CCCCCCCC(C)C1. The normalized spacial score (nSPS) is 21.6. The fourth-order valence-electron chi connectivity index (χ4n) is 5.93. The summed E-state index contributed by atoms with van der Waals surface area (Å²) in [4.78, 5) is 12.8. The highest BCUT2D eigenvalue weighted by Crippen LogP contribution is 2.34. The molecule has 2 heteroatoms. The second-order valence-corrected chi connectivity index (χ2v) is 12.0. The van der Waals surface area contributed by atoms with Gasteiger partial charge in [0.25, 0.3) is 0 Å². The molecule has 0 heterocycles. The zero-order valence-corrected chi connectivity index (χ0v) is 24.5. The molecule has 0 spiro atoms. The van der Waals surface area contributed by atoms with Gasteiger partial charge in [0.15, 0.2) is 0 Å². The standard InChI is InChI=1S/C33H63NO/c1-5-7-8-9-10-11-12-13-14-15-16-17-18-22-25-28-32(35)34-33(4,6-2)31-27-24-21-19-20-23-26-30(3)29-31/h13-14,30-31H,5-12,15-29H2,1-4H3,(H,34,35)/b14-13+. The van der Waals surface area contributed by atoms with Crippen LogP contribution in [0.2, 0.25) is 0 Å². The Morgan fingerprint density at radius 1 is 0.771 bits per heavy atom. The van der Waals surface area contributed by atoms with Crippen LogP contribution in [0.3, 0.4) is 0 Å². The molecule has 206 valence electrons. The molecule has 1 N–H and O–H groups in total. The topological polar surface area (TPSA) is 29.1 Å². The van der Waals surface area contributed by atoms with E-state index in [2.05, 4.69) is 45.2 Å². The molecule has 2 nitrogen and oxygen atoms in total. The lowest BCUT2D eigenvalue weighted by Crippen LogP contribution is -2.51. The van der Waals surface area contributed by atoms with Gasteiger partial charge in [0.2, 0.25) is 5.91 Å². The summed E-state index contributed by atoms with van der Waals surface area (Å²) in [6, 6.07) is 0. The molecule has 0 radical (unpaired) electrons. The van der Waals surface area contributed by atoms with Gasteiger partial charge in [0, 0.05) is 12.0 Å². The molecule has 0 aromatic carbocycles. The second-order valence-electron chi connectivity index (χ2n) is 12.0. The van der Waals surface area contributed by atoms with Crippen molar-refractivity contribution in [3.8, 4) is 0 Å². The number of unbranched alkanes of at least 4 members (excludes halogenated alkanes) is 11. The minimum Gasteiger partial charge on any atom is -0.351 e. The van der Waals surface area contributed by atoms with E-state index in [9.17, 15) is 4.79 Å². The van der Waals surface area contributed by atoms with Crippen LogP contribution in [0.1, 0.15) is 175 Å². The number of hydrogen-bond acceptors (Lipinski definition) is 1. The van der Waals surface area contributed by atoms with Crippen molar-refractivity contribution < 1.29 is 4.79 Å². The molecule has 1 aliphatic carbocycles. The summed E-state index contributed by atoms with van der Waals surface area (Å²) in [6.07, 6.45) is 34.3. The molecular weight excluding hydrogens is 426 g/mol. The third kappa shape index (κ3) is 16.6. The van der Waals surface area contributed by atoms with Gasteiger partial charge in [-0.05, 0) is 70.1 Å². The summed E-state index contributed by atoms with van der Waals surface area (Å²) in [6.45, 7) is 9.31. The number of hydrogen-bond donors (Lipinski definition) is 1. The molecule has 3 atom stereocenters. The largest absolute Gasteiger partial charge is 0.351 e. The molecule has 35 heavy (non-hydrogen) atoms. The van der Waals surface area contributed by atoms with Gasteiger partial charge in [-0.3, -0.25) is 4.79 Å². The minimum absolute atomic E-state index is 0.0353. The van der Waals surface area contributed by atoms with Gasteiger partial charge < -0.3 is 5.32 Å². The molecule has 0 saturated heterocycles. The number of carbonyl (C=O) groups is 1. The van der Waals surface area contributed by atoms with Crippen molar-refractivity contribution in [2.24, 2.45) is 11.8 Å². The van der Waals surface area contributed by atoms with E-state index < -0.39 is 0 Å². The van der Waals surface area contributed by atoms with Crippen LogP contribution in [0.15, 0.2) is 12.2 Å². The van der Waals surface area contributed by atoms with Crippen molar-refractivity contribution in [2.75, 3.05) is 0 Å². The van der Waals surface area contributed by atoms with Gasteiger partial charge in [-0.25, -0.2) is 0 Å². The highest BCUT2D eigenvalue weighted by atomic mass is 16.1. The first-order chi connectivity index (χ1) is 17.0. The summed E-state index contributed by atoms with van der Waals surface area (Å²) in [7, 11) is 0. The van der Waals surface area contributed by atoms with Crippen LogP contribution in [0, 0.1) is 11.8 Å². The molecule has 0 aromatic heterocycles. The summed E-state index contributed by atoms with van der Waals surface area (Å²) in [5.41, 5.74) is -0.0353. The Labute approximate surface area is 220 Å². The number of nitrogens with one attached hydrogen (secondary N) is 1. The van der Waals surface area contributed by atoms with Gasteiger partial charge in [0.1, 0.15) is 0 Å². The number of allylic oxidation sites excluding steroid dienone is 2. The lowest BCUT2D eigenvalue weighted by Gasteiger charge is -2.40. The van der Waals surface area contributed by atoms with Crippen molar-refractivity contribution >= 4 is 5.91 Å². The van der Waals surface area contributed by atoms with E-state index in [0.717, 1.165) is 18.8 Å². The third-order valence-electron chi connectivity index (χ3n) is 8.66. The van der Waals surface area contributed by atoms with Gasteiger partial charge in [0.05, 0.1) is 0 Å². The first kappa shape index (κ1) is 32.2. The zero-order chi connectivity index (χ0) is 25.6. The number of carbonyl (C=O) groups excluding carboxylic acids is 1. The fourth-order valence-corrected chi connectivity index (χ4v) is 5.93. The lowest BCUT2D eigenvalue weighted by molar-refractivity contribution is -0.123. The first-order valence-corrected chi connectivity index (χ1v) is 16.0. The highest BCUT2D eigenvalue weighted by molar-refractivity contribution is 5.76. The van der Waals surface area contributed by atoms with E-state index >= 15 is 0 Å². The van der Waals surface area contributed by atoms with Gasteiger partial charge in [-0.15, -0.1) is 0 Å². The van der Waals surface area contributed by atoms with Crippen LogP contribution < -0.4 is 5.32 Å². The Hall–Kier alpha value is -0.790. The second kappa shape index (κ2) is 21.3. The van der Waals surface area contributed by atoms with Crippen LogP contribution >= 0.6 is 0 Å². The van der Waals surface area contributed by atoms with Gasteiger partial charge >= 0.3 is 0 Å². The van der Waals surface area contributed by atoms with E-state index in [1.54, 1.807) is 0 Å². The Balaban J connectivity index is 2.15. The molecule has 1 amide bonds. The predicted molar refractivity (Wildman–Crippen MR) is 156 cm³/mol. The molecule has 1 saturated carbocycles. The molecule has 3 unspecified atom stereocenters. The predicted octanol–water partition coefficient (Wildman–Crippen LogP) is 10.7. The van der Waals surface area contributed by atoms with E-state index in [-0.39, 0.29) is 11.4 Å². The smallest absolute Gasteiger partial charge is 0.220 e. The maximum atomic E-state index is 12.8. The Bertz CT molecular complexity index is 527. The maximum Gasteiger partial charge on any atom is 0.220 e. The quantitative estimate of drug-likeness (QED) is 0.150. The molecule has 1 rings (SSSR count). The molecule has 0 bridgehead atoms. The first-order valence-electron chi connectivity index (χ1n) is 16.0. The number of amides is 1. The van der Waals surface area contributed by atoms with Crippen LogP contribution in [-0.2, 0) is 4.79 Å². The van der Waals surface area contributed by atoms with E-state index in [1.807, 2.05) is 0 Å². The summed E-state index contributed by atoms with van der Waals surface area (Å²) < 4.78 is 0. The van der Waals surface area contributed by atoms with Gasteiger partial charge in [-0.1, -0.05) is 123 Å². The van der Waals surface area contributed by atoms with Crippen molar-refractivity contribution in [2.45, 2.75) is 181 Å². The van der Waals surface area contributed by atoms with Crippen LogP contribution in [0.4, 0.5) is 0 Å². The van der Waals surface area contributed by atoms with Crippen molar-refractivity contribution in [1.29, 1.82) is 0 Å². The van der Waals surface area contributed by atoms with Crippen molar-refractivity contribution in [1.82, 2.24) is 5.32 Å². The van der Waals surface area contributed by atoms with Crippen LogP contribution in [0.5, 0.6) is 0 Å². The van der Waals surface area contributed by atoms with Crippen LogP contribution in [-0.4, -0.2) is 11.4 Å². The summed E-state index contributed by atoms with van der Waals surface area (Å²) >= 11 is 0. The zero-order valence-electron chi connectivity index (χ0n) is 24.5. The van der Waals surface area contributed by atoms with Crippen LogP contribution in [0.25, 0.3) is 0 Å². The summed E-state index contributed by atoms with van der Waals surface area (Å²) in [5, 5.41) is 3.52. The average molecular weight is 490 g/mol. The maximum absolute atomic E-state index is 12.8. The molecule has 0 aromatic rings. The lowest BCUT2D eigenvalue weighted by atomic mass is 9.74. The average Bonchev–Trinajstić information content (AvgIpc) is 2.85. The Kier molecular flexibility index (Phi) is 19.6. The highest BCUT2D eigenvalue weighted by Gasteiger charge is 2.34. The molecule has 0 aliphatic heterocycles. The minimum atomic E-state index is -0.0353. The van der Waals surface area contributed by atoms with Crippen molar-refractivity contribution in [3.05, 3.63) is 12.2 Å². The molecule has 1 aliphatic rings. The molecule has 1 fully saturated rings. The monoisotopic (exact) mass is 489 g/mol.